The fourth-order valence-corrected chi connectivity index (χ4v) is 2.78. The van der Waals surface area contributed by atoms with Crippen molar-refractivity contribution in [3.63, 3.8) is 0 Å². The predicted molar refractivity (Wildman–Crippen MR) is 85.6 cm³/mol. The van der Waals surface area contributed by atoms with Gasteiger partial charge in [-0.15, -0.1) is 0 Å². The Balaban J connectivity index is 2.10. The summed E-state index contributed by atoms with van der Waals surface area (Å²) in [5.41, 5.74) is 6.74. The van der Waals surface area contributed by atoms with Gasteiger partial charge < -0.3 is 15.8 Å². The molecule has 1 atom stereocenters. The van der Waals surface area contributed by atoms with Gasteiger partial charge in [-0.2, -0.15) is 0 Å². The summed E-state index contributed by atoms with van der Waals surface area (Å²) in [7, 11) is 0. The molecule has 0 aliphatic carbocycles. The number of nitrogens with one attached hydrogen (secondary N) is 1. The summed E-state index contributed by atoms with van der Waals surface area (Å²) in [5.74, 6) is -0.0982. The zero-order chi connectivity index (χ0) is 15.6. The van der Waals surface area contributed by atoms with Gasteiger partial charge in [-0.05, 0) is 39.0 Å². The van der Waals surface area contributed by atoms with Crippen molar-refractivity contribution in [3.05, 3.63) is 23.2 Å². The first kappa shape index (κ1) is 16.1. The molecule has 21 heavy (non-hydrogen) atoms. The minimum atomic E-state index is -0.276. The SMILES string of the molecule is CC(C(=O)Nc1cc(Cl)ccc1N)N1CCOCC1(C)C. The molecule has 0 spiro atoms. The highest BCUT2D eigenvalue weighted by Gasteiger charge is 2.36. The van der Waals surface area contributed by atoms with Crippen molar-refractivity contribution < 1.29 is 9.53 Å². The van der Waals surface area contributed by atoms with E-state index < -0.39 is 0 Å². The maximum Gasteiger partial charge on any atom is 0.241 e. The second-order valence-electron chi connectivity index (χ2n) is 5.96. The van der Waals surface area contributed by atoms with Crippen LogP contribution >= 0.6 is 11.6 Å². The highest BCUT2D eigenvalue weighted by atomic mass is 35.5. The topological polar surface area (TPSA) is 67.6 Å². The number of anilines is 2. The van der Waals surface area contributed by atoms with Gasteiger partial charge in [-0.3, -0.25) is 9.69 Å². The Labute approximate surface area is 130 Å². The van der Waals surface area contributed by atoms with Crippen LogP contribution in [-0.4, -0.2) is 42.1 Å². The Morgan fingerprint density at radius 1 is 1.52 bits per heavy atom. The monoisotopic (exact) mass is 311 g/mol. The van der Waals surface area contributed by atoms with Crippen molar-refractivity contribution in [1.82, 2.24) is 4.90 Å². The minimum absolute atomic E-state index is 0.0982. The van der Waals surface area contributed by atoms with Gasteiger partial charge >= 0.3 is 0 Å². The van der Waals surface area contributed by atoms with Gasteiger partial charge in [-0.1, -0.05) is 11.6 Å². The van der Waals surface area contributed by atoms with E-state index in [-0.39, 0.29) is 17.5 Å². The number of halogens is 1. The molecule has 5 nitrogen and oxygen atoms in total. The molecule has 1 aliphatic rings. The number of carbonyl (C=O) groups excluding carboxylic acids is 1. The molecule has 1 fully saturated rings. The van der Waals surface area contributed by atoms with E-state index in [9.17, 15) is 4.79 Å². The van der Waals surface area contributed by atoms with Crippen LogP contribution in [0.15, 0.2) is 18.2 Å². The largest absolute Gasteiger partial charge is 0.397 e. The molecule has 0 bridgehead atoms. The molecular weight excluding hydrogens is 290 g/mol. The Hall–Kier alpha value is -1.30. The van der Waals surface area contributed by atoms with Crippen LogP contribution in [0.3, 0.4) is 0 Å². The number of nitrogens with zero attached hydrogens (tertiary/aromatic N) is 1. The Morgan fingerprint density at radius 2 is 2.24 bits per heavy atom. The number of amides is 1. The van der Waals surface area contributed by atoms with Gasteiger partial charge in [0.1, 0.15) is 0 Å². The van der Waals surface area contributed by atoms with Gasteiger partial charge in [0.15, 0.2) is 0 Å². The number of rotatable bonds is 3. The van der Waals surface area contributed by atoms with E-state index in [4.69, 9.17) is 22.1 Å². The predicted octanol–water partition coefficient (Wildman–Crippen LogP) is 2.36. The van der Waals surface area contributed by atoms with E-state index >= 15 is 0 Å². The van der Waals surface area contributed by atoms with Crippen LogP contribution < -0.4 is 11.1 Å². The highest BCUT2D eigenvalue weighted by Crippen LogP contribution is 2.25. The molecule has 1 aromatic rings. The Bertz CT molecular complexity index is 534. The molecule has 0 radical (unpaired) electrons. The maximum atomic E-state index is 12.5. The van der Waals surface area contributed by atoms with Crippen molar-refractivity contribution in [2.24, 2.45) is 0 Å². The Morgan fingerprint density at radius 3 is 2.90 bits per heavy atom. The van der Waals surface area contributed by atoms with Crippen molar-refractivity contribution >= 4 is 28.9 Å². The smallest absolute Gasteiger partial charge is 0.241 e. The summed E-state index contributed by atoms with van der Waals surface area (Å²) in [4.78, 5) is 14.6. The average molecular weight is 312 g/mol. The van der Waals surface area contributed by atoms with Crippen LogP contribution in [0.2, 0.25) is 5.02 Å². The van der Waals surface area contributed by atoms with Gasteiger partial charge in [0, 0.05) is 17.1 Å². The van der Waals surface area contributed by atoms with Gasteiger partial charge in [0.05, 0.1) is 30.6 Å². The first-order chi connectivity index (χ1) is 9.81. The summed E-state index contributed by atoms with van der Waals surface area (Å²) in [6, 6.07) is 4.76. The third-order valence-electron chi connectivity index (χ3n) is 3.83. The third kappa shape index (κ3) is 3.67. The molecule has 1 unspecified atom stereocenters. The van der Waals surface area contributed by atoms with Gasteiger partial charge in [0.25, 0.3) is 0 Å². The summed E-state index contributed by atoms with van der Waals surface area (Å²) in [6.07, 6.45) is 0. The molecule has 0 saturated carbocycles. The maximum absolute atomic E-state index is 12.5. The third-order valence-corrected chi connectivity index (χ3v) is 4.06. The summed E-state index contributed by atoms with van der Waals surface area (Å²) in [5, 5.41) is 3.40. The van der Waals surface area contributed by atoms with E-state index in [0.29, 0.717) is 29.6 Å². The molecule has 1 heterocycles. The van der Waals surface area contributed by atoms with E-state index in [2.05, 4.69) is 24.1 Å². The molecule has 1 aromatic carbocycles. The molecule has 116 valence electrons. The van der Waals surface area contributed by atoms with Crippen LogP contribution in [0.4, 0.5) is 11.4 Å². The second-order valence-corrected chi connectivity index (χ2v) is 6.39. The lowest BCUT2D eigenvalue weighted by atomic mass is 9.99. The number of carbonyl (C=O) groups is 1. The first-order valence-corrected chi connectivity index (χ1v) is 7.39. The molecule has 1 saturated heterocycles. The zero-order valence-electron chi connectivity index (χ0n) is 12.6. The minimum Gasteiger partial charge on any atom is -0.397 e. The molecule has 3 N–H and O–H groups in total. The highest BCUT2D eigenvalue weighted by molar-refractivity contribution is 6.31. The lowest BCUT2D eigenvalue weighted by Gasteiger charge is -2.44. The van der Waals surface area contributed by atoms with E-state index in [0.717, 1.165) is 6.54 Å². The van der Waals surface area contributed by atoms with E-state index in [1.165, 1.54) is 0 Å². The molecule has 0 aromatic heterocycles. The number of hydrogen-bond donors (Lipinski definition) is 2. The molecule has 1 aliphatic heterocycles. The normalized spacial score (nSPS) is 20.0. The van der Waals surface area contributed by atoms with E-state index in [1.54, 1.807) is 18.2 Å². The van der Waals surface area contributed by atoms with Crippen LogP contribution in [0, 0.1) is 0 Å². The number of morpholine rings is 1. The molecule has 1 amide bonds. The van der Waals surface area contributed by atoms with Gasteiger partial charge in [0.2, 0.25) is 5.91 Å². The quantitative estimate of drug-likeness (QED) is 0.841. The summed E-state index contributed by atoms with van der Waals surface area (Å²) in [6.45, 7) is 8.02. The fraction of sp³-hybridized carbons (Fsp3) is 0.533. The lowest BCUT2D eigenvalue weighted by molar-refractivity contribution is -0.129. The summed E-state index contributed by atoms with van der Waals surface area (Å²) >= 11 is 5.94. The molecular formula is C15H22ClN3O2. The van der Waals surface area contributed by atoms with Crippen molar-refractivity contribution in [2.75, 3.05) is 30.8 Å². The average Bonchev–Trinajstić information content (AvgIpc) is 2.41. The second kappa shape index (κ2) is 6.22. The van der Waals surface area contributed by atoms with Crippen LogP contribution in [0.1, 0.15) is 20.8 Å². The van der Waals surface area contributed by atoms with E-state index in [1.807, 2.05) is 6.92 Å². The van der Waals surface area contributed by atoms with Crippen molar-refractivity contribution in [2.45, 2.75) is 32.4 Å². The standard InChI is InChI=1S/C15H22ClN3O2/c1-10(19-6-7-21-9-15(19,2)3)14(20)18-13-8-11(16)4-5-12(13)17/h4-5,8,10H,6-7,9,17H2,1-3H3,(H,18,20). The number of benzene rings is 1. The molecule has 2 rings (SSSR count). The number of hydrogen-bond acceptors (Lipinski definition) is 4. The number of nitrogens with two attached hydrogens (primary N) is 1. The first-order valence-electron chi connectivity index (χ1n) is 7.01. The number of nitrogen functional groups attached to an aromatic ring is 1. The van der Waals surface area contributed by atoms with Crippen LogP contribution in [-0.2, 0) is 9.53 Å². The van der Waals surface area contributed by atoms with Crippen LogP contribution in [0.25, 0.3) is 0 Å². The van der Waals surface area contributed by atoms with Crippen LogP contribution in [0.5, 0.6) is 0 Å². The fourth-order valence-electron chi connectivity index (χ4n) is 2.60. The van der Waals surface area contributed by atoms with Gasteiger partial charge in [-0.25, -0.2) is 0 Å². The molecule has 6 heteroatoms. The zero-order valence-corrected chi connectivity index (χ0v) is 13.4. The summed E-state index contributed by atoms with van der Waals surface area (Å²) < 4.78 is 5.49. The number of ether oxygens (including phenoxy) is 1. The Kier molecular flexibility index (Phi) is 4.76. The lowest BCUT2D eigenvalue weighted by Crippen LogP contribution is -2.59. The van der Waals surface area contributed by atoms with Crippen molar-refractivity contribution in [1.29, 1.82) is 0 Å². The van der Waals surface area contributed by atoms with Crippen molar-refractivity contribution in [3.8, 4) is 0 Å².